The lowest BCUT2D eigenvalue weighted by molar-refractivity contribution is -0.118. The van der Waals surface area contributed by atoms with Crippen LogP contribution in [0.3, 0.4) is 0 Å². The fourth-order valence-corrected chi connectivity index (χ4v) is 4.29. The molecule has 4 rings (SSSR count). The Labute approximate surface area is 200 Å². The van der Waals surface area contributed by atoms with Gasteiger partial charge in [0.25, 0.3) is 5.56 Å². The van der Waals surface area contributed by atoms with Crippen molar-refractivity contribution in [2.24, 2.45) is 7.05 Å². The molecule has 0 aliphatic carbocycles. The lowest BCUT2D eigenvalue weighted by atomic mass is 10.2. The van der Waals surface area contributed by atoms with Crippen LogP contribution in [-0.2, 0) is 18.4 Å². The molecule has 1 aromatic carbocycles. The minimum absolute atomic E-state index is 0.0461. The highest BCUT2D eigenvalue weighted by Gasteiger charge is 2.23. The van der Waals surface area contributed by atoms with E-state index >= 15 is 0 Å². The van der Waals surface area contributed by atoms with E-state index in [-0.39, 0.29) is 11.2 Å². The Morgan fingerprint density at radius 2 is 2.06 bits per heavy atom. The molecule has 1 N–H and O–H groups in total. The number of rotatable bonds is 5. The maximum absolute atomic E-state index is 12.9. The van der Waals surface area contributed by atoms with Gasteiger partial charge in [-0.1, -0.05) is 29.3 Å². The van der Waals surface area contributed by atoms with Crippen molar-refractivity contribution in [2.75, 3.05) is 5.32 Å². The van der Waals surface area contributed by atoms with Crippen LogP contribution in [0.1, 0.15) is 13.0 Å². The summed E-state index contributed by atoms with van der Waals surface area (Å²) >= 11 is 13.3. The van der Waals surface area contributed by atoms with Crippen molar-refractivity contribution in [3.05, 3.63) is 60.8 Å². The van der Waals surface area contributed by atoms with Gasteiger partial charge in [-0.2, -0.15) is 5.26 Å². The van der Waals surface area contributed by atoms with Gasteiger partial charge in [0.1, 0.15) is 23.4 Å². The zero-order valence-corrected chi connectivity index (χ0v) is 19.6. The van der Waals surface area contributed by atoms with Gasteiger partial charge in [0.2, 0.25) is 5.91 Å². The van der Waals surface area contributed by atoms with E-state index in [0.29, 0.717) is 20.9 Å². The Morgan fingerprint density at radius 3 is 2.76 bits per heavy atom. The standard InChI is InChI=1S/C20H15Cl2N7O3S/c1-10(29-9-24-16-15(29)19(31)28(6-5-23)20(32)27(16)2)17(30)25-14-8-33-18(26-14)11-3-4-12(21)13(22)7-11/h3-4,7-10H,6H2,1-2H3,(H,25,30)/t10-/m0/s1. The number of aryl methyl sites for hydroxylation is 1. The largest absolute Gasteiger partial charge is 0.333 e. The van der Waals surface area contributed by atoms with Gasteiger partial charge in [0.05, 0.1) is 22.4 Å². The summed E-state index contributed by atoms with van der Waals surface area (Å²) < 4.78 is 3.33. The first kappa shape index (κ1) is 22.7. The summed E-state index contributed by atoms with van der Waals surface area (Å²) in [5, 5.41) is 14.8. The number of fused-ring (bicyclic) bond motifs is 1. The quantitative estimate of drug-likeness (QED) is 0.445. The number of imidazole rings is 1. The predicted octanol–water partition coefficient (Wildman–Crippen LogP) is 3.05. The Kier molecular flexibility index (Phi) is 6.07. The molecule has 10 nitrogen and oxygen atoms in total. The van der Waals surface area contributed by atoms with Crippen LogP contribution in [-0.4, -0.2) is 29.6 Å². The topological polar surface area (TPSA) is 128 Å². The van der Waals surface area contributed by atoms with E-state index in [1.807, 2.05) is 0 Å². The fourth-order valence-electron chi connectivity index (χ4n) is 3.24. The van der Waals surface area contributed by atoms with Crippen molar-refractivity contribution in [1.82, 2.24) is 23.7 Å². The molecular weight excluding hydrogens is 489 g/mol. The minimum atomic E-state index is -0.856. The first-order valence-electron chi connectivity index (χ1n) is 9.48. The van der Waals surface area contributed by atoms with Gasteiger partial charge >= 0.3 is 5.69 Å². The van der Waals surface area contributed by atoms with Gasteiger partial charge < -0.3 is 9.88 Å². The molecule has 1 amide bonds. The summed E-state index contributed by atoms with van der Waals surface area (Å²) in [5.74, 6) is -0.114. The lowest BCUT2D eigenvalue weighted by Crippen LogP contribution is -2.40. The lowest BCUT2D eigenvalue weighted by Gasteiger charge is -2.14. The number of hydrogen-bond donors (Lipinski definition) is 1. The molecule has 168 valence electrons. The Morgan fingerprint density at radius 1 is 1.30 bits per heavy atom. The maximum Gasteiger partial charge on any atom is 0.333 e. The molecule has 13 heteroatoms. The molecule has 0 unspecified atom stereocenters. The summed E-state index contributed by atoms with van der Waals surface area (Å²) in [5.41, 5.74) is -0.433. The number of amides is 1. The molecule has 0 aliphatic rings. The van der Waals surface area contributed by atoms with Crippen LogP contribution in [0.15, 0.2) is 39.5 Å². The van der Waals surface area contributed by atoms with Crippen molar-refractivity contribution in [3.8, 4) is 16.6 Å². The minimum Gasteiger partial charge on any atom is -0.312 e. The highest BCUT2D eigenvalue weighted by atomic mass is 35.5. The number of halogens is 2. The van der Waals surface area contributed by atoms with E-state index in [1.54, 1.807) is 36.6 Å². The Hall–Kier alpha value is -3.46. The Balaban J connectivity index is 1.64. The van der Waals surface area contributed by atoms with Crippen LogP contribution >= 0.6 is 34.5 Å². The van der Waals surface area contributed by atoms with Gasteiger partial charge in [-0.3, -0.25) is 14.2 Å². The highest BCUT2D eigenvalue weighted by Crippen LogP contribution is 2.31. The van der Waals surface area contributed by atoms with Crippen LogP contribution in [0.5, 0.6) is 0 Å². The molecule has 0 fully saturated rings. The first-order chi connectivity index (χ1) is 15.7. The van der Waals surface area contributed by atoms with Crippen LogP contribution in [0, 0.1) is 11.3 Å². The molecule has 3 aromatic heterocycles. The van der Waals surface area contributed by atoms with Crippen molar-refractivity contribution >= 4 is 57.4 Å². The van der Waals surface area contributed by atoms with Crippen LogP contribution in [0.2, 0.25) is 10.0 Å². The highest BCUT2D eigenvalue weighted by molar-refractivity contribution is 7.13. The SMILES string of the molecule is C[C@@H](C(=O)Nc1csc(-c2ccc(Cl)c(Cl)c2)n1)n1cnc2c1c(=O)n(CC#N)c(=O)n2C. The molecule has 0 saturated carbocycles. The van der Waals surface area contributed by atoms with Crippen molar-refractivity contribution in [1.29, 1.82) is 5.26 Å². The second-order valence-corrected chi connectivity index (χ2v) is 8.72. The number of thiazole rings is 1. The van der Waals surface area contributed by atoms with Gasteiger partial charge in [-0.05, 0) is 19.1 Å². The summed E-state index contributed by atoms with van der Waals surface area (Å²) in [7, 11) is 1.44. The molecule has 0 bridgehead atoms. The van der Waals surface area contributed by atoms with E-state index in [1.165, 1.54) is 33.8 Å². The Bertz CT molecular complexity index is 1560. The molecule has 0 saturated heterocycles. The maximum atomic E-state index is 12.9. The van der Waals surface area contributed by atoms with E-state index < -0.39 is 29.7 Å². The number of benzene rings is 1. The number of nitrogens with one attached hydrogen (secondary N) is 1. The van der Waals surface area contributed by atoms with Gasteiger partial charge in [0, 0.05) is 18.0 Å². The normalized spacial score (nSPS) is 12.0. The molecule has 0 spiro atoms. The van der Waals surface area contributed by atoms with E-state index in [0.717, 1.165) is 10.1 Å². The summed E-state index contributed by atoms with van der Waals surface area (Å²) in [4.78, 5) is 46.6. The summed E-state index contributed by atoms with van der Waals surface area (Å²) in [6.45, 7) is 1.17. The predicted molar refractivity (Wildman–Crippen MR) is 126 cm³/mol. The number of hydrogen-bond acceptors (Lipinski definition) is 7. The van der Waals surface area contributed by atoms with Gasteiger partial charge in [-0.25, -0.2) is 19.3 Å². The monoisotopic (exact) mass is 503 g/mol. The van der Waals surface area contributed by atoms with Gasteiger partial charge in [-0.15, -0.1) is 11.3 Å². The first-order valence-corrected chi connectivity index (χ1v) is 11.1. The van der Waals surface area contributed by atoms with Crippen LogP contribution < -0.4 is 16.6 Å². The van der Waals surface area contributed by atoms with Crippen LogP contribution in [0.25, 0.3) is 21.7 Å². The van der Waals surface area contributed by atoms with E-state index in [2.05, 4.69) is 15.3 Å². The fraction of sp³-hybridized carbons (Fsp3) is 0.200. The molecular formula is C20H15Cl2N7O3S. The average molecular weight is 504 g/mol. The molecule has 33 heavy (non-hydrogen) atoms. The number of carbonyl (C=O) groups is 1. The molecule has 0 radical (unpaired) electrons. The second-order valence-electron chi connectivity index (χ2n) is 7.05. The smallest absolute Gasteiger partial charge is 0.312 e. The molecule has 1 atom stereocenters. The van der Waals surface area contributed by atoms with Crippen molar-refractivity contribution < 1.29 is 4.79 Å². The molecule has 3 heterocycles. The number of nitriles is 1. The number of carbonyl (C=O) groups excluding carboxylic acids is 1. The number of anilines is 1. The summed E-state index contributed by atoms with van der Waals surface area (Å²) in [6.07, 6.45) is 1.31. The van der Waals surface area contributed by atoms with Crippen LogP contribution in [0.4, 0.5) is 5.82 Å². The zero-order valence-electron chi connectivity index (χ0n) is 17.2. The van der Waals surface area contributed by atoms with Crippen molar-refractivity contribution in [3.63, 3.8) is 0 Å². The number of aromatic nitrogens is 5. The molecule has 4 aromatic rings. The third-order valence-electron chi connectivity index (χ3n) is 5.01. The summed E-state index contributed by atoms with van der Waals surface area (Å²) in [6, 6.07) is 6.06. The average Bonchev–Trinajstić information content (AvgIpc) is 3.44. The van der Waals surface area contributed by atoms with Gasteiger partial charge in [0.15, 0.2) is 11.2 Å². The third-order valence-corrected chi connectivity index (χ3v) is 6.64. The molecule has 0 aliphatic heterocycles. The van der Waals surface area contributed by atoms with E-state index in [4.69, 9.17) is 28.5 Å². The van der Waals surface area contributed by atoms with Crippen molar-refractivity contribution in [2.45, 2.75) is 19.5 Å². The van der Waals surface area contributed by atoms with E-state index in [9.17, 15) is 14.4 Å². The second kappa shape index (κ2) is 8.82. The zero-order chi connectivity index (χ0) is 23.9. The number of nitrogens with zero attached hydrogens (tertiary/aromatic N) is 6. The third kappa shape index (κ3) is 4.04.